The largest absolute Gasteiger partial charge is 0.497 e. The molecule has 152 valence electrons. The average Bonchev–Trinajstić information content (AvgIpc) is 3.09. The third-order valence-corrected chi connectivity index (χ3v) is 4.86. The maximum atomic E-state index is 12.2. The Kier molecular flexibility index (Phi) is 7.39. The maximum Gasteiger partial charge on any atom is 0.227 e. The van der Waals surface area contributed by atoms with Crippen molar-refractivity contribution in [2.24, 2.45) is 7.05 Å². The summed E-state index contributed by atoms with van der Waals surface area (Å²) < 4.78 is 12.4. The molecule has 2 N–H and O–H groups in total. The van der Waals surface area contributed by atoms with Gasteiger partial charge in [0.25, 0.3) is 0 Å². The Morgan fingerprint density at radius 1 is 1.29 bits per heavy atom. The Balaban J connectivity index is 1.36. The van der Waals surface area contributed by atoms with Gasteiger partial charge in [0, 0.05) is 26.0 Å². The number of anilines is 1. The van der Waals surface area contributed by atoms with Crippen molar-refractivity contribution in [2.75, 3.05) is 32.1 Å². The summed E-state index contributed by atoms with van der Waals surface area (Å²) in [4.78, 5) is 16.7. The predicted molar refractivity (Wildman–Crippen MR) is 106 cm³/mol. The predicted octanol–water partition coefficient (Wildman–Crippen LogP) is 2.23. The summed E-state index contributed by atoms with van der Waals surface area (Å²) in [6.45, 7) is 3.02. The van der Waals surface area contributed by atoms with Crippen LogP contribution in [0, 0.1) is 0 Å². The van der Waals surface area contributed by atoms with Crippen molar-refractivity contribution in [3.8, 4) is 5.75 Å². The van der Waals surface area contributed by atoms with Gasteiger partial charge in [-0.25, -0.2) is 4.68 Å². The molecule has 1 aliphatic rings. The minimum atomic E-state index is -0.0691. The third-order valence-electron chi connectivity index (χ3n) is 4.86. The summed E-state index contributed by atoms with van der Waals surface area (Å²) in [5, 5.41) is 10.7. The molecular weight excluding hydrogens is 358 g/mol. The van der Waals surface area contributed by atoms with Crippen LogP contribution in [0.3, 0.4) is 0 Å². The Bertz CT molecular complexity index is 754. The standard InChI is InChI=1S/C20H29N5O3/c1-25-20(23-19(24-25)16-9-11-21-12-10-16)22-18(26)4-3-13-28-14-15-5-7-17(27-2)8-6-15/h5-8,16,21H,3-4,9-14H2,1-2H3,(H,22,23,24,26). The van der Waals surface area contributed by atoms with Gasteiger partial charge in [-0.15, -0.1) is 0 Å². The summed E-state index contributed by atoms with van der Waals surface area (Å²) >= 11 is 0. The van der Waals surface area contributed by atoms with Gasteiger partial charge < -0.3 is 14.8 Å². The van der Waals surface area contributed by atoms with Gasteiger partial charge in [0.2, 0.25) is 11.9 Å². The number of nitrogens with zero attached hydrogens (tertiary/aromatic N) is 3. The second kappa shape index (κ2) is 10.2. The SMILES string of the molecule is COc1ccc(COCCCC(=O)Nc2nc(C3CCNCC3)nn2C)cc1. The van der Waals surface area contributed by atoms with Gasteiger partial charge in [0.15, 0.2) is 5.82 Å². The Labute approximate surface area is 165 Å². The number of hydrogen-bond acceptors (Lipinski definition) is 6. The molecule has 2 heterocycles. The quantitative estimate of drug-likeness (QED) is 0.641. The van der Waals surface area contributed by atoms with Crippen LogP contribution in [0.15, 0.2) is 24.3 Å². The van der Waals surface area contributed by atoms with E-state index in [0.29, 0.717) is 37.9 Å². The summed E-state index contributed by atoms with van der Waals surface area (Å²) in [7, 11) is 3.46. The molecule has 0 spiro atoms. The number of carbonyl (C=O) groups is 1. The zero-order valence-corrected chi connectivity index (χ0v) is 16.6. The van der Waals surface area contributed by atoms with Gasteiger partial charge in [-0.3, -0.25) is 10.1 Å². The Morgan fingerprint density at radius 2 is 2.04 bits per heavy atom. The molecule has 0 saturated carbocycles. The molecule has 1 saturated heterocycles. The average molecular weight is 387 g/mol. The lowest BCUT2D eigenvalue weighted by molar-refractivity contribution is -0.116. The first-order chi connectivity index (χ1) is 13.7. The number of piperidine rings is 1. The van der Waals surface area contributed by atoms with Crippen molar-refractivity contribution in [1.82, 2.24) is 20.1 Å². The van der Waals surface area contributed by atoms with Crippen molar-refractivity contribution < 1.29 is 14.3 Å². The number of hydrogen-bond donors (Lipinski definition) is 2. The van der Waals surface area contributed by atoms with Crippen LogP contribution in [0.4, 0.5) is 5.95 Å². The molecule has 3 rings (SSSR count). The lowest BCUT2D eigenvalue weighted by Gasteiger charge is -2.19. The summed E-state index contributed by atoms with van der Waals surface area (Å²) in [6.07, 6.45) is 3.10. The first-order valence-corrected chi connectivity index (χ1v) is 9.78. The van der Waals surface area contributed by atoms with Crippen molar-refractivity contribution in [1.29, 1.82) is 0 Å². The van der Waals surface area contributed by atoms with E-state index in [1.165, 1.54) is 0 Å². The lowest BCUT2D eigenvalue weighted by atomic mass is 9.98. The van der Waals surface area contributed by atoms with Crippen LogP contribution >= 0.6 is 0 Å². The molecule has 0 aliphatic carbocycles. The first-order valence-electron chi connectivity index (χ1n) is 9.78. The number of ether oxygens (including phenoxy) is 2. The van der Waals surface area contributed by atoms with Gasteiger partial charge in [-0.05, 0) is 50.0 Å². The van der Waals surface area contributed by atoms with Crippen molar-refractivity contribution in [3.63, 3.8) is 0 Å². The molecule has 1 aromatic heterocycles. The van der Waals surface area contributed by atoms with Crippen LogP contribution in [0.5, 0.6) is 5.75 Å². The molecule has 1 fully saturated rings. The van der Waals surface area contributed by atoms with Crippen LogP contribution in [0.1, 0.15) is 43.0 Å². The first kappa shape index (κ1) is 20.3. The number of amides is 1. The monoisotopic (exact) mass is 387 g/mol. The van der Waals surface area contributed by atoms with Crippen LogP contribution in [0.2, 0.25) is 0 Å². The van der Waals surface area contributed by atoms with E-state index < -0.39 is 0 Å². The molecule has 0 unspecified atom stereocenters. The number of carbonyl (C=O) groups excluding carboxylic acids is 1. The zero-order chi connectivity index (χ0) is 19.8. The molecule has 28 heavy (non-hydrogen) atoms. The molecule has 8 nitrogen and oxygen atoms in total. The summed E-state index contributed by atoms with van der Waals surface area (Å²) in [5.74, 6) is 2.46. The normalized spacial score (nSPS) is 14.8. The molecule has 2 aromatic rings. The minimum absolute atomic E-state index is 0.0691. The highest BCUT2D eigenvalue weighted by molar-refractivity contribution is 5.88. The number of nitrogens with one attached hydrogen (secondary N) is 2. The number of rotatable bonds is 9. The number of aryl methyl sites for hydroxylation is 1. The molecule has 0 radical (unpaired) electrons. The molecule has 1 aliphatic heterocycles. The molecular formula is C20H29N5O3. The van der Waals surface area contributed by atoms with Crippen LogP contribution in [-0.4, -0.2) is 47.5 Å². The second-order valence-corrected chi connectivity index (χ2v) is 6.99. The molecule has 1 amide bonds. The number of methoxy groups -OCH3 is 1. The van der Waals surface area contributed by atoms with Crippen molar-refractivity contribution >= 4 is 11.9 Å². The lowest BCUT2D eigenvalue weighted by Crippen LogP contribution is -2.27. The molecule has 0 atom stereocenters. The molecule has 1 aromatic carbocycles. The van der Waals surface area contributed by atoms with E-state index in [2.05, 4.69) is 20.7 Å². The van der Waals surface area contributed by atoms with E-state index in [1.807, 2.05) is 31.3 Å². The minimum Gasteiger partial charge on any atom is -0.497 e. The highest BCUT2D eigenvalue weighted by Crippen LogP contribution is 2.23. The van der Waals surface area contributed by atoms with E-state index >= 15 is 0 Å². The van der Waals surface area contributed by atoms with Gasteiger partial charge in [0.1, 0.15) is 5.75 Å². The van der Waals surface area contributed by atoms with Crippen LogP contribution in [-0.2, 0) is 23.2 Å². The highest BCUT2D eigenvalue weighted by Gasteiger charge is 2.21. The molecule has 8 heteroatoms. The zero-order valence-electron chi connectivity index (χ0n) is 16.6. The van der Waals surface area contributed by atoms with Crippen molar-refractivity contribution in [2.45, 2.75) is 38.2 Å². The highest BCUT2D eigenvalue weighted by atomic mass is 16.5. The number of benzene rings is 1. The van der Waals surface area contributed by atoms with E-state index in [-0.39, 0.29) is 5.91 Å². The summed E-state index contributed by atoms with van der Waals surface area (Å²) in [6, 6.07) is 7.76. The molecule has 0 bridgehead atoms. The van der Waals surface area contributed by atoms with Crippen molar-refractivity contribution in [3.05, 3.63) is 35.7 Å². The Morgan fingerprint density at radius 3 is 2.75 bits per heavy atom. The van der Waals surface area contributed by atoms with E-state index in [9.17, 15) is 4.79 Å². The van der Waals surface area contributed by atoms with Crippen LogP contribution in [0.25, 0.3) is 0 Å². The fourth-order valence-corrected chi connectivity index (χ4v) is 3.20. The third kappa shape index (κ3) is 5.77. The van der Waals surface area contributed by atoms with Crippen LogP contribution < -0.4 is 15.4 Å². The second-order valence-electron chi connectivity index (χ2n) is 6.99. The van der Waals surface area contributed by atoms with E-state index in [4.69, 9.17) is 9.47 Å². The fourth-order valence-electron chi connectivity index (χ4n) is 3.20. The van der Waals surface area contributed by atoms with Gasteiger partial charge in [-0.1, -0.05) is 12.1 Å². The summed E-state index contributed by atoms with van der Waals surface area (Å²) in [5.41, 5.74) is 1.08. The Hall–Kier alpha value is -2.45. The van der Waals surface area contributed by atoms with Gasteiger partial charge in [0.05, 0.1) is 13.7 Å². The van der Waals surface area contributed by atoms with E-state index in [1.54, 1.807) is 11.8 Å². The van der Waals surface area contributed by atoms with Gasteiger partial charge in [-0.2, -0.15) is 10.1 Å². The van der Waals surface area contributed by atoms with Gasteiger partial charge >= 0.3 is 0 Å². The smallest absolute Gasteiger partial charge is 0.227 e. The van der Waals surface area contributed by atoms with E-state index in [0.717, 1.165) is 43.1 Å². The number of aromatic nitrogens is 3. The fraction of sp³-hybridized carbons (Fsp3) is 0.550. The topological polar surface area (TPSA) is 90.3 Å². The maximum absolute atomic E-state index is 12.2.